The third-order valence-corrected chi connectivity index (χ3v) is 4.32. The Labute approximate surface area is 154 Å². The smallest absolute Gasteiger partial charge is 0.340 e. The highest BCUT2D eigenvalue weighted by molar-refractivity contribution is 6.14. The molecule has 0 aliphatic carbocycles. The van der Waals surface area contributed by atoms with Crippen LogP contribution in [-0.4, -0.2) is 16.2 Å². The van der Waals surface area contributed by atoms with Crippen LogP contribution in [0.4, 0.5) is 0 Å². The Morgan fingerprint density at radius 1 is 1.04 bits per heavy atom. The van der Waals surface area contributed by atoms with Gasteiger partial charge in [-0.1, -0.05) is 47.1 Å². The van der Waals surface area contributed by atoms with Gasteiger partial charge in [0.2, 0.25) is 0 Å². The first-order valence-corrected chi connectivity index (χ1v) is 8.68. The first-order valence-electron chi connectivity index (χ1n) is 8.68. The van der Waals surface area contributed by atoms with Gasteiger partial charge in [0.1, 0.15) is 5.71 Å². The lowest BCUT2D eigenvalue weighted by atomic mass is 9.98. The van der Waals surface area contributed by atoms with Crippen LogP contribution in [0, 0.1) is 12.3 Å². The summed E-state index contributed by atoms with van der Waals surface area (Å²) in [7, 11) is 1.99. The van der Waals surface area contributed by atoms with Crippen LogP contribution in [0.3, 0.4) is 0 Å². The molecular weight excluding hydrogens is 324 g/mol. The fraction of sp³-hybridized carbons (Fsp3) is 0.273. The monoisotopic (exact) mass is 348 g/mol. The molecule has 0 saturated carbocycles. The van der Waals surface area contributed by atoms with E-state index >= 15 is 0 Å². The standard InChI is InChI=1S/C22H24N2O2/c1-15-9-8-11-17(13-15)20(23-26-21(25)22(2,3)4)19-14-16-10-6-7-12-18(16)24(19)5/h6-14H,1-5H3. The van der Waals surface area contributed by atoms with Gasteiger partial charge in [-0.2, -0.15) is 0 Å². The third-order valence-electron chi connectivity index (χ3n) is 4.32. The number of aryl methyl sites for hydroxylation is 2. The maximum Gasteiger partial charge on any atom is 0.340 e. The van der Waals surface area contributed by atoms with E-state index in [-0.39, 0.29) is 5.97 Å². The molecule has 26 heavy (non-hydrogen) atoms. The Hall–Kier alpha value is -2.88. The van der Waals surface area contributed by atoms with Gasteiger partial charge in [0, 0.05) is 23.5 Å². The molecule has 0 amide bonds. The molecule has 0 radical (unpaired) electrons. The molecule has 4 nitrogen and oxygen atoms in total. The van der Waals surface area contributed by atoms with Gasteiger partial charge < -0.3 is 9.40 Å². The predicted octanol–water partition coefficient (Wildman–Crippen LogP) is 4.83. The molecule has 2 aromatic carbocycles. The zero-order valence-corrected chi connectivity index (χ0v) is 15.9. The minimum Gasteiger partial charge on any atom is -0.342 e. The Morgan fingerprint density at radius 3 is 2.42 bits per heavy atom. The lowest BCUT2D eigenvalue weighted by molar-refractivity contribution is -0.152. The Bertz CT molecular complexity index is 991. The molecule has 1 aromatic heterocycles. The summed E-state index contributed by atoms with van der Waals surface area (Å²) in [5.74, 6) is -0.360. The second-order valence-electron chi connectivity index (χ2n) is 7.59. The molecule has 0 spiro atoms. The normalized spacial score (nSPS) is 12.4. The minimum absolute atomic E-state index is 0.360. The van der Waals surface area contributed by atoms with Gasteiger partial charge in [-0.05, 0) is 45.9 Å². The summed E-state index contributed by atoms with van der Waals surface area (Å²) in [5, 5.41) is 5.39. The Kier molecular flexibility index (Phi) is 4.68. The van der Waals surface area contributed by atoms with Crippen LogP contribution in [-0.2, 0) is 16.7 Å². The van der Waals surface area contributed by atoms with Gasteiger partial charge in [0.05, 0.1) is 11.1 Å². The highest BCUT2D eigenvalue weighted by Gasteiger charge is 2.24. The van der Waals surface area contributed by atoms with E-state index in [1.54, 1.807) is 0 Å². The maximum atomic E-state index is 12.2. The molecule has 0 saturated heterocycles. The number of oxime groups is 1. The lowest BCUT2D eigenvalue weighted by Gasteiger charge is -2.14. The number of carbonyl (C=O) groups is 1. The SMILES string of the molecule is Cc1cccc(C(=NOC(=O)C(C)(C)C)c2cc3ccccc3n2C)c1. The Morgan fingerprint density at radius 2 is 1.77 bits per heavy atom. The largest absolute Gasteiger partial charge is 0.342 e. The van der Waals surface area contributed by atoms with Crippen molar-refractivity contribution in [1.29, 1.82) is 0 Å². The lowest BCUT2D eigenvalue weighted by Crippen LogP contribution is -2.22. The summed E-state index contributed by atoms with van der Waals surface area (Å²) in [4.78, 5) is 17.5. The van der Waals surface area contributed by atoms with E-state index in [2.05, 4.69) is 27.9 Å². The van der Waals surface area contributed by atoms with Crippen LogP contribution in [0.2, 0.25) is 0 Å². The van der Waals surface area contributed by atoms with E-state index in [4.69, 9.17) is 4.84 Å². The van der Waals surface area contributed by atoms with Crippen LogP contribution in [0.1, 0.15) is 37.6 Å². The first kappa shape index (κ1) is 17.9. The fourth-order valence-electron chi connectivity index (χ4n) is 2.78. The number of carbonyl (C=O) groups excluding carboxylic acids is 1. The summed E-state index contributed by atoms with van der Waals surface area (Å²) in [5.41, 5.74) is 4.07. The first-order chi connectivity index (χ1) is 12.3. The van der Waals surface area contributed by atoms with Crippen molar-refractivity contribution in [2.45, 2.75) is 27.7 Å². The molecular formula is C22H24N2O2. The van der Waals surface area contributed by atoms with E-state index in [0.29, 0.717) is 5.71 Å². The van der Waals surface area contributed by atoms with E-state index in [1.165, 1.54) is 0 Å². The van der Waals surface area contributed by atoms with Gasteiger partial charge in [0.25, 0.3) is 0 Å². The molecule has 0 aliphatic heterocycles. The number of hydrogen-bond donors (Lipinski definition) is 0. The molecule has 0 fully saturated rings. The third kappa shape index (κ3) is 3.54. The average molecular weight is 348 g/mol. The van der Waals surface area contributed by atoms with Crippen LogP contribution >= 0.6 is 0 Å². The summed E-state index contributed by atoms with van der Waals surface area (Å²) in [6.07, 6.45) is 0. The average Bonchev–Trinajstić information content (AvgIpc) is 2.91. The van der Waals surface area contributed by atoms with Crippen LogP contribution in [0.5, 0.6) is 0 Å². The second-order valence-corrected chi connectivity index (χ2v) is 7.59. The molecule has 0 unspecified atom stereocenters. The van der Waals surface area contributed by atoms with Crippen molar-refractivity contribution in [3.05, 3.63) is 71.4 Å². The van der Waals surface area contributed by atoms with Gasteiger partial charge in [0.15, 0.2) is 0 Å². The van der Waals surface area contributed by atoms with Crippen molar-refractivity contribution < 1.29 is 9.63 Å². The maximum absolute atomic E-state index is 12.2. The van der Waals surface area contributed by atoms with E-state index in [1.807, 2.05) is 71.1 Å². The number of benzene rings is 2. The van der Waals surface area contributed by atoms with Gasteiger partial charge in [-0.15, -0.1) is 0 Å². The van der Waals surface area contributed by atoms with Crippen molar-refractivity contribution >= 4 is 22.6 Å². The fourth-order valence-corrected chi connectivity index (χ4v) is 2.78. The van der Waals surface area contributed by atoms with Crippen molar-refractivity contribution in [1.82, 2.24) is 4.57 Å². The number of nitrogens with zero attached hydrogens (tertiary/aromatic N) is 2. The van der Waals surface area contributed by atoms with Gasteiger partial charge >= 0.3 is 5.97 Å². The van der Waals surface area contributed by atoms with E-state index in [9.17, 15) is 4.79 Å². The van der Waals surface area contributed by atoms with Crippen molar-refractivity contribution in [2.75, 3.05) is 0 Å². The number of aromatic nitrogens is 1. The minimum atomic E-state index is -0.611. The molecule has 3 aromatic rings. The van der Waals surface area contributed by atoms with Gasteiger partial charge in [-0.25, -0.2) is 4.79 Å². The zero-order valence-electron chi connectivity index (χ0n) is 15.9. The Balaban J connectivity index is 2.14. The summed E-state index contributed by atoms with van der Waals surface area (Å²) in [6.45, 7) is 7.47. The zero-order chi connectivity index (χ0) is 18.9. The van der Waals surface area contributed by atoms with Crippen molar-refractivity contribution in [3.63, 3.8) is 0 Å². The van der Waals surface area contributed by atoms with Crippen molar-refractivity contribution in [3.8, 4) is 0 Å². The van der Waals surface area contributed by atoms with Crippen molar-refractivity contribution in [2.24, 2.45) is 17.6 Å². The molecule has 4 heteroatoms. The molecule has 3 rings (SSSR count). The molecule has 134 valence electrons. The molecule has 0 N–H and O–H groups in total. The number of hydrogen-bond acceptors (Lipinski definition) is 3. The summed E-state index contributed by atoms with van der Waals surface area (Å²) < 4.78 is 2.07. The summed E-state index contributed by atoms with van der Waals surface area (Å²) >= 11 is 0. The van der Waals surface area contributed by atoms with Crippen LogP contribution < -0.4 is 0 Å². The van der Waals surface area contributed by atoms with E-state index < -0.39 is 5.41 Å². The number of rotatable bonds is 3. The number of para-hydroxylation sites is 1. The highest BCUT2D eigenvalue weighted by Crippen LogP contribution is 2.23. The van der Waals surface area contributed by atoms with Crippen LogP contribution in [0.25, 0.3) is 10.9 Å². The molecule has 1 heterocycles. The predicted molar refractivity (Wildman–Crippen MR) is 105 cm³/mol. The molecule has 0 atom stereocenters. The summed E-state index contributed by atoms with van der Waals surface area (Å²) in [6, 6.07) is 18.3. The topological polar surface area (TPSA) is 43.6 Å². The highest BCUT2D eigenvalue weighted by atomic mass is 16.7. The van der Waals surface area contributed by atoms with Gasteiger partial charge in [-0.3, -0.25) is 0 Å². The molecule has 0 aliphatic rings. The van der Waals surface area contributed by atoms with Crippen LogP contribution in [0.15, 0.2) is 59.8 Å². The quantitative estimate of drug-likeness (QED) is 0.387. The number of fused-ring (bicyclic) bond motifs is 1. The second kappa shape index (κ2) is 6.79. The molecule has 0 bridgehead atoms. The van der Waals surface area contributed by atoms with E-state index in [0.717, 1.165) is 27.7 Å².